The lowest BCUT2D eigenvalue weighted by molar-refractivity contribution is 0.304. The number of hydrogen-bond acceptors (Lipinski definition) is 1. The van der Waals surface area contributed by atoms with Crippen LogP contribution in [0.5, 0.6) is 0 Å². The van der Waals surface area contributed by atoms with Crippen LogP contribution in [-0.2, 0) is 6.42 Å². The average Bonchev–Trinajstić information content (AvgIpc) is 2.10. The van der Waals surface area contributed by atoms with E-state index in [1.54, 1.807) is 6.07 Å². The van der Waals surface area contributed by atoms with Crippen LogP contribution in [0.1, 0.15) is 32.8 Å². The summed E-state index contributed by atoms with van der Waals surface area (Å²) in [6, 6.07) is 4.36. The van der Waals surface area contributed by atoms with Gasteiger partial charge in [0.05, 0.1) is 0 Å². The van der Waals surface area contributed by atoms with Gasteiger partial charge >= 0.3 is 0 Å². The van der Waals surface area contributed by atoms with E-state index in [2.05, 4.69) is 0 Å². The molecule has 1 aromatic carbocycles. The fourth-order valence-corrected chi connectivity index (χ4v) is 2.14. The van der Waals surface area contributed by atoms with Crippen LogP contribution in [0.4, 0.5) is 8.78 Å². The Morgan fingerprint density at radius 1 is 1.31 bits per heavy atom. The highest BCUT2D eigenvalue weighted by Crippen LogP contribution is 2.28. The highest BCUT2D eigenvalue weighted by molar-refractivity contribution is 5.20. The van der Waals surface area contributed by atoms with Gasteiger partial charge in [-0.2, -0.15) is 0 Å². The summed E-state index contributed by atoms with van der Waals surface area (Å²) in [4.78, 5) is 0. The van der Waals surface area contributed by atoms with Gasteiger partial charge in [-0.3, -0.25) is 0 Å². The van der Waals surface area contributed by atoms with Crippen LogP contribution >= 0.6 is 0 Å². The van der Waals surface area contributed by atoms with Crippen molar-refractivity contribution in [2.45, 2.75) is 39.7 Å². The summed E-state index contributed by atoms with van der Waals surface area (Å²) in [6.07, 6.45) is 1.28. The summed E-state index contributed by atoms with van der Waals surface area (Å²) in [5.74, 6) is -1.52. The Balaban J connectivity index is 2.83. The molecule has 0 aromatic heterocycles. The molecule has 0 bridgehead atoms. The molecule has 1 rings (SSSR count). The number of hydrogen-bond donors (Lipinski definition) is 1. The molecule has 1 unspecified atom stereocenters. The van der Waals surface area contributed by atoms with Crippen LogP contribution in [-0.4, -0.2) is 6.04 Å². The third-order valence-electron chi connectivity index (χ3n) is 2.58. The van der Waals surface area contributed by atoms with E-state index in [0.29, 0.717) is 12.0 Å². The average molecular weight is 227 g/mol. The molecule has 0 fully saturated rings. The van der Waals surface area contributed by atoms with Gasteiger partial charge in [-0.15, -0.1) is 0 Å². The molecule has 0 aliphatic heterocycles. The molecule has 16 heavy (non-hydrogen) atoms. The van der Waals surface area contributed by atoms with E-state index in [1.165, 1.54) is 6.07 Å². The molecule has 90 valence electrons. The van der Waals surface area contributed by atoms with Gasteiger partial charge in [-0.1, -0.05) is 26.0 Å². The number of nitrogens with two attached hydrogens (primary N) is 1. The lowest BCUT2D eigenvalue weighted by Gasteiger charge is -2.26. The second kappa shape index (κ2) is 4.91. The summed E-state index contributed by atoms with van der Waals surface area (Å²) >= 11 is 0. The number of halogens is 2. The second-order valence-corrected chi connectivity index (χ2v) is 5.24. The standard InChI is InChI=1S/C13H19F2N/c1-9(16)7-13(2,3)8-10-5-4-6-11(14)12(10)15/h4-6,9H,7-8,16H2,1-3H3. The van der Waals surface area contributed by atoms with Crippen molar-refractivity contribution < 1.29 is 8.78 Å². The highest BCUT2D eigenvalue weighted by Gasteiger charge is 2.22. The molecule has 2 N–H and O–H groups in total. The molecule has 0 aliphatic carbocycles. The van der Waals surface area contributed by atoms with E-state index in [1.807, 2.05) is 20.8 Å². The zero-order valence-electron chi connectivity index (χ0n) is 10.1. The maximum atomic E-state index is 13.5. The van der Waals surface area contributed by atoms with Crippen LogP contribution in [0.3, 0.4) is 0 Å². The van der Waals surface area contributed by atoms with Gasteiger partial charge in [-0.25, -0.2) is 8.78 Å². The van der Waals surface area contributed by atoms with Crippen LogP contribution in [0.25, 0.3) is 0 Å². The Bertz CT molecular complexity index is 359. The minimum Gasteiger partial charge on any atom is -0.328 e. The summed E-state index contributed by atoms with van der Waals surface area (Å²) in [5, 5.41) is 0. The first-order valence-corrected chi connectivity index (χ1v) is 5.50. The first-order valence-electron chi connectivity index (χ1n) is 5.50. The van der Waals surface area contributed by atoms with Crippen molar-refractivity contribution >= 4 is 0 Å². The van der Waals surface area contributed by atoms with Crippen LogP contribution in [0.15, 0.2) is 18.2 Å². The van der Waals surface area contributed by atoms with E-state index in [9.17, 15) is 8.78 Å². The summed E-state index contributed by atoms with van der Waals surface area (Å²) in [5.41, 5.74) is 6.03. The zero-order valence-corrected chi connectivity index (χ0v) is 10.1. The van der Waals surface area contributed by atoms with Crippen molar-refractivity contribution in [1.82, 2.24) is 0 Å². The summed E-state index contributed by atoms with van der Waals surface area (Å²) in [6.45, 7) is 5.95. The van der Waals surface area contributed by atoms with E-state index in [4.69, 9.17) is 5.73 Å². The molecule has 0 saturated carbocycles. The molecule has 0 heterocycles. The molecule has 0 aliphatic rings. The van der Waals surface area contributed by atoms with E-state index in [-0.39, 0.29) is 11.5 Å². The van der Waals surface area contributed by atoms with Crippen molar-refractivity contribution in [2.75, 3.05) is 0 Å². The molecule has 1 aromatic rings. The molecular weight excluding hydrogens is 208 g/mol. The third kappa shape index (κ3) is 3.56. The molecule has 0 spiro atoms. The second-order valence-electron chi connectivity index (χ2n) is 5.24. The normalized spacial score (nSPS) is 13.9. The quantitative estimate of drug-likeness (QED) is 0.839. The minimum absolute atomic E-state index is 0.0617. The van der Waals surface area contributed by atoms with Crippen molar-refractivity contribution in [3.8, 4) is 0 Å². The van der Waals surface area contributed by atoms with Gasteiger partial charge in [0.2, 0.25) is 0 Å². The van der Waals surface area contributed by atoms with Gasteiger partial charge in [0, 0.05) is 6.04 Å². The topological polar surface area (TPSA) is 26.0 Å². The Kier molecular flexibility index (Phi) is 4.03. The molecular formula is C13H19F2N. The van der Waals surface area contributed by atoms with Gasteiger partial charge in [0.1, 0.15) is 0 Å². The van der Waals surface area contributed by atoms with E-state index < -0.39 is 11.6 Å². The molecule has 0 radical (unpaired) electrons. The largest absolute Gasteiger partial charge is 0.328 e. The third-order valence-corrected chi connectivity index (χ3v) is 2.58. The summed E-state index contributed by atoms with van der Waals surface area (Å²) < 4.78 is 26.5. The summed E-state index contributed by atoms with van der Waals surface area (Å²) in [7, 11) is 0. The van der Waals surface area contributed by atoms with Gasteiger partial charge in [0.15, 0.2) is 11.6 Å². The molecule has 1 atom stereocenters. The number of rotatable bonds is 4. The van der Waals surface area contributed by atoms with Gasteiger partial charge < -0.3 is 5.73 Å². The van der Waals surface area contributed by atoms with Crippen molar-refractivity contribution in [1.29, 1.82) is 0 Å². The Hall–Kier alpha value is -0.960. The lowest BCUT2D eigenvalue weighted by Crippen LogP contribution is -2.27. The Morgan fingerprint density at radius 3 is 2.50 bits per heavy atom. The molecule has 3 heteroatoms. The molecule has 1 nitrogen and oxygen atoms in total. The van der Waals surface area contributed by atoms with Gasteiger partial charge in [-0.05, 0) is 36.8 Å². The lowest BCUT2D eigenvalue weighted by atomic mass is 9.80. The maximum Gasteiger partial charge on any atom is 0.162 e. The highest BCUT2D eigenvalue weighted by atomic mass is 19.2. The SMILES string of the molecule is CC(N)CC(C)(C)Cc1cccc(F)c1F. The van der Waals surface area contributed by atoms with E-state index in [0.717, 1.165) is 12.5 Å². The Labute approximate surface area is 95.7 Å². The predicted molar refractivity (Wildman–Crippen MR) is 62.1 cm³/mol. The Morgan fingerprint density at radius 2 is 1.94 bits per heavy atom. The van der Waals surface area contributed by atoms with Crippen molar-refractivity contribution in [3.63, 3.8) is 0 Å². The first-order chi connectivity index (χ1) is 7.32. The fraction of sp³-hybridized carbons (Fsp3) is 0.538. The predicted octanol–water partition coefficient (Wildman–Crippen LogP) is 3.27. The maximum absolute atomic E-state index is 13.5. The zero-order chi connectivity index (χ0) is 12.3. The van der Waals surface area contributed by atoms with Crippen LogP contribution < -0.4 is 5.73 Å². The van der Waals surface area contributed by atoms with Gasteiger partial charge in [0.25, 0.3) is 0 Å². The number of benzene rings is 1. The molecule has 0 amide bonds. The van der Waals surface area contributed by atoms with Crippen LogP contribution in [0.2, 0.25) is 0 Å². The van der Waals surface area contributed by atoms with E-state index >= 15 is 0 Å². The minimum atomic E-state index is -0.783. The van der Waals surface area contributed by atoms with Crippen LogP contribution in [0, 0.1) is 17.0 Å². The smallest absolute Gasteiger partial charge is 0.162 e. The first kappa shape index (κ1) is 13.1. The molecule has 0 saturated heterocycles. The van der Waals surface area contributed by atoms with Crippen molar-refractivity contribution in [2.24, 2.45) is 11.1 Å². The monoisotopic (exact) mass is 227 g/mol. The van der Waals surface area contributed by atoms with Crippen molar-refractivity contribution in [3.05, 3.63) is 35.4 Å². The fourth-order valence-electron chi connectivity index (χ4n) is 2.14.